The number of carbonyl (C=O) groups excluding carboxylic acids is 3. The normalized spacial score (nSPS) is 9.89. The molecule has 97 valence electrons. The molecule has 1 radical (unpaired) electrons. The van der Waals surface area contributed by atoms with Crippen LogP contribution >= 0.6 is 0 Å². The molecule has 0 atom stereocenters. The van der Waals surface area contributed by atoms with Crippen LogP contribution in [0.15, 0.2) is 49.1 Å². The van der Waals surface area contributed by atoms with Crippen LogP contribution in [0.5, 0.6) is 0 Å². The summed E-state index contributed by atoms with van der Waals surface area (Å²) >= 11 is 0. The van der Waals surface area contributed by atoms with Gasteiger partial charge in [-0.05, 0) is 17.7 Å². The van der Waals surface area contributed by atoms with Gasteiger partial charge in [-0.15, -0.1) is 0 Å². The van der Waals surface area contributed by atoms with E-state index in [1.807, 2.05) is 30.3 Å². The molecule has 0 aliphatic rings. The van der Waals surface area contributed by atoms with Gasteiger partial charge in [0.1, 0.15) is 6.54 Å². The van der Waals surface area contributed by atoms with Crippen molar-refractivity contribution in [3.63, 3.8) is 0 Å². The highest BCUT2D eigenvalue weighted by atomic mass is 16.2. The minimum atomic E-state index is -0.572. The molecule has 0 aliphatic heterocycles. The van der Waals surface area contributed by atoms with Crippen LogP contribution < -0.4 is 5.43 Å². The van der Waals surface area contributed by atoms with Crippen LogP contribution in [-0.2, 0) is 14.4 Å². The van der Waals surface area contributed by atoms with Crippen molar-refractivity contribution in [1.29, 1.82) is 0 Å². The molecule has 1 aromatic rings. The lowest BCUT2D eigenvalue weighted by Crippen LogP contribution is -2.45. The molecule has 0 aromatic heterocycles. The Hall–Kier alpha value is -2.69. The fourth-order valence-corrected chi connectivity index (χ4v) is 1.24. The minimum absolute atomic E-state index is 0.350. The van der Waals surface area contributed by atoms with E-state index in [4.69, 9.17) is 0 Å². The molecular weight excluding hydrogens is 244 g/mol. The Morgan fingerprint density at radius 3 is 2.58 bits per heavy atom. The number of nitrogens with one attached hydrogen (secondary N) is 1. The summed E-state index contributed by atoms with van der Waals surface area (Å²) < 4.78 is 0. The molecule has 0 heterocycles. The standard InChI is InChI=1S/C14H13N2O3/c1-2-13(18)15-16(10-11-17)14(19)9-8-12-6-4-3-5-7-12/h2-9H,1,10H2,(H,15,18). The second-order valence-electron chi connectivity index (χ2n) is 3.49. The van der Waals surface area contributed by atoms with Gasteiger partial charge in [-0.2, -0.15) is 0 Å². The number of hydrogen-bond acceptors (Lipinski definition) is 3. The summed E-state index contributed by atoms with van der Waals surface area (Å²) in [5.41, 5.74) is 3.05. The van der Waals surface area contributed by atoms with E-state index in [9.17, 15) is 14.4 Å². The zero-order valence-electron chi connectivity index (χ0n) is 10.2. The number of carbonyl (C=O) groups is 2. The van der Waals surface area contributed by atoms with Crippen LogP contribution in [0.4, 0.5) is 0 Å². The first-order valence-corrected chi connectivity index (χ1v) is 5.50. The highest BCUT2D eigenvalue weighted by Gasteiger charge is 2.11. The van der Waals surface area contributed by atoms with Crippen LogP contribution in [0.1, 0.15) is 5.56 Å². The molecule has 0 saturated carbocycles. The van der Waals surface area contributed by atoms with Gasteiger partial charge in [0, 0.05) is 6.08 Å². The average molecular weight is 257 g/mol. The number of amides is 2. The minimum Gasteiger partial charge on any atom is -0.289 e. The van der Waals surface area contributed by atoms with E-state index in [-0.39, 0.29) is 6.54 Å². The lowest BCUT2D eigenvalue weighted by Gasteiger charge is -2.17. The maximum atomic E-state index is 11.8. The van der Waals surface area contributed by atoms with Gasteiger partial charge in [0.15, 0.2) is 0 Å². The van der Waals surface area contributed by atoms with Gasteiger partial charge in [0.25, 0.3) is 11.8 Å². The monoisotopic (exact) mass is 257 g/mol. The second kappa shape index (κ2) is 7.60. The number of benzene rings is 1. The maximum absolute atomic E-state index is 11.8. The smallest absolute Gasteiger partial charge is 0.265 e. The van der Waals surface area contributed by atoms with Gasteiger partial charge in [0.2, 0.25) is 6.29 Å². The highest BCUT2D eigenvalue weighted by molar-refractivity contribution is 5.95. The molecule has 1 aromatic carbocycles. The van der Waals surface area contributed by atoms with Crippen molar-refractivity contribution in [3.05, 3.63) is 54.6 Å². The van der Waals surface area contributed by atoms with E-state index in [1.54, 1.807) is 12.4 Å². The third-order valence-corrected chi connectivity index (χ3v) is 2.14. The summed E-state index contributed by atoms with van der Waals surface area (Å²) in [6, 6.07) is 9.17. The van der Waals surface area contributed by atoms with Crippen LogP contribution in [0.3, 0.4) is 0 Å². The van der Waals surface area contributed by atoms with E-state index < -0.39 is 11.8 Å². The number of rotatable bonds is 5. The fraction of sp³-hybridized carbons (Fsp3) is 0.0714. The van der Waals surface area contributed by atoms with Gasteiger partial charge in [-0.1, -0.05) is 36.9 Å². The summed E-state index contributed by atoms with van der Waals surface area (Å²) in [7, 11) is 0. The third kappa shape index (κ3) is 4.99. The lowest BCUT2D eigenvalue weighted by molar-refractivity contribution is -0.134. The second-order valence-corrected chi connectivity index (χ2v) is 3.49. The molecule has 5 heteroatoms. The number of hydrazine groups is 1. The van der Waals surface area contributed by atoms with Gasteiger partial charge in [-0.25, -0.2) is 5.01 Å². The van der Waals surface area contributed by atoms with Crippen molar-refractivity contribution in [2.75, 3.05) is 6.54 Å². The van der Waals surface area contributed by atoms with Crippen molar-refractivity contribution in [1.82, 2.24) is 10.4 Å². The lowest BCUT2D eigenvalue weighted by atomic mass is 10.2. The fourth-order valence-electron chi connectivity index (χ4n) is 1.24. The van der Waals surface area contributed by atoms with Gasteiger partial charge in [-0.3, -0.25) is 19.8 Å². The molecule has 2 amide bonds. The molecule has 1 N–H and O–H groups in total. The number of hydrogen-bond donors (Lipinski definition) is 1. The van der Waals surface area contributed by atoms with Gasteiger partial charge < -0.3 is 0 Å². The zero-order chi connectivity index (χ0) is 14.1. The molecule has 0 saturated heterocycles. The van der Waals surface area contributed by atoms with Crippen molar-refractivity contribution < 1.29 is 14.4 Å². The quantitative estimate of drug-likeness (QED) is 0.628. The molecule has 5 nitrogen and oxygen atoms in total. The van der Waals surface area contributed by atoms with Crippen LogP contribution in [0, 0.1) is 0 Å². The van der Waals surface area contributed by atoms with Crippen molar-refractivity contribution >= 4 is 24.2 Å². The van der Waals surface area contributed by atoms with Crippen molar-refractivity contribution in [2.45, 2.75) is 0 Å². The molecule has 0 spiro atoms. The van der Waals surface area contributed by atoms with Crippen LogP contribution in [-0.4, -0.2) is 29.7 Å². The van der Waals surface area contributed by atoms with E-state index in [2.05, 4.69) is 12.0 Å². The van der Waals surface area contributed by atoms with Crippen molar-refractivity contribution in [2.24, 2.45) is 0 Å². The number of nitrogens with zero attached hydrogens (tertiary/aromatic N) is 1. The average Bonchev–Trinajstić information content (AvgIpc) is 2.45. The Bertz CT molecular complexity index is 495. The van der Waals surface area contributed by atoms with Crippen LogP contribution in [0.2, 0.25) is 0 Å². The topological polar surface area (TPSA) is 66.5 Å². The van der Waals surface area contributed by atoms with Crippen molar-refractivity contribution in [3.8, 4) is 0 Å². The Morgan fingerprint density at radius 2 is 2.00 bits per heavy atom. The van der Waals surface area contributed by atoms with Gasteiger partial charge in [0.05, 0.1) is 0 Å². The van der Waals surface area contributed by atoms with Gasteiger partial charge >= 0.3 is 0 Å². The van der Waals surface area contributed by atoms with E-state index in [0.29, 0.717) is 0 Å². The molecule has 19 heavy (non-hydrogen) atoms. The van der Waals surface area contributed by atoms with Crippen LogP contribution in [0.25, 0.3) is 6.08 Å². The Labute approximate surface area is 111 Å². The Kier molecular flexibility index (Phi) is 5.75. The van der Waals surface area contributed by atoms with E-state index in [0.717, 1.165) is 16.6 Å². The summed E-state index contributed by atoms with van der Waals surface area (Å²) in [4.78, 5) is 33.2. The summed E-state index contributed by atoms with van der Waals surface area (Å²) in [5, 5.41) is 0.858. The molecule has 0 bridgehead atoms. The third-order valence-electron chi connectivity index (χ3n) is 2.14. The zero-order valence-corrected chi connectivity index (χ0v) is 10.2. The first-order chi connectivity index (χ1) is 9.17. The predicted molar refractivity (Wildman–Crippen MR) is 71.2 cm³/mol. The molecule has 0 fully saturated rings. The first-order valence-electron chi connectivity index (χ1n) is 5.50. The maximum Gasteiger partial charge on any atom is 0.265 e. The summed E-state index contributed by atoms with van der Waals surface area (Å²) in [5.74, 6) is -1.10. The molecule has 1 rings (SSSR count). The Balaban J connectivity index is 2.71. The Morgan fingerprint density at radius 1 is 1.32 bits per heavy atom. The van der Waals surface area contributed by atoms with E-state index in [1.165, 1.54) is 6.08 Å². The molecule has 0 unspecified atom stereocenters. The van der Waals surface area contributed by atoms with E-state index >= 15 is 0 Å². The summed E-state index contributed by atoms with van der Waals surface area (Å²) in [6.45, 7) is 2.91. The SMILES string of the molecule is C=CC(=O)NN(C[C]=O)C(=O)C=Cc1ccccc1. The highest BCUT2D eigenvalue weighted by Crippen LogP contribution is 2.01. The largest absolute Gasteiger partial charge is 0.289 e. The predicted octanol–water partition coefficient (Wildman–Crippen LogP) is 0.855. The first kappa shape index (κ1) is 14.4. The molecular formula is C14H13N2O3. The molecule has 0 aliphatic carbocycles. The summed E-state index contributed by atoms with van der Waals surface area (Å²) in [6.07, 6.45) is 5.40.